The zero-order valence-corrected chi connectivity index (χ0v) is 10.1. The van der Waals surface area contributed by atoms with Crippen molar-refractivity contribution in [2.75, 3.05) is 0 Å². The molecular formula is C13H18O4. The maximum absolute atomic E-state index is 11.2. The lowest BCUT2D eigenvalue weighted by atomic mass is 9.97. The summed E-state index contributed by atoms with van der Waals surface area (Å²) in [6.07, 6.45) is -0.693. The van der Waals surface area contributed by atoms with Crippen LogP contribution in [0.1, 0.15) is 25.8 Å². The number of rotatable bonds is 6. The number of aliphatic carboxylic acids is 1. The molecule has 0 fully saturated rings. The number of carbonyl (C=O) groups is 1. The van der Waals surface area contributed by atoms with Gasteiger partial charge in [0.05, 0.1) is 12.7 Å². The Bertz CT molecular complexity index is 363. The summed E-state index contributed by atoms with van der Waals surface area (Å²) in [5.74, 6) is -1.15. The normalized spacial score (nSPS) is 16.2. The Kier molecular flexibility index (Phi) is 4.66. The lowest BCUT2D eigenvalue weighted by Gasteiger charge is -2.29. The van der Waals surface area contributed by atoms with E-state index in [1.807, 2.05) is 30.3 Å². The predicted molar refractivity (Wildman–Crippen MR) is 63.6 cm³/mol. The number of ether oxygens (including phenoxy) is 1. The number of carboxylic acid groups (broad SMARTS) is 1. The van der Waals surface area contributed by atoms with Gasteiger partial charge in [0.2, 0.25) is 0 Å². The lowest BCUT2D eigenvalue weighted by molar-refractivity contribution is -0.182. The van der Waals surface area contributed by atoms with Crippen LogP contribution in [0, 0.1) is 0 Å². The van der Waals surface area contributed by atoms with E-state index in [9.17, 15) is 9.90 Å². The smallest absolute Gasteiger partial charge is 0.338 e. The zero-order valence-electron chi connectivity index (χ0n) is 10.1. The van der Waals surface area contributed by atoms with Gasteiger partial charge in [0.15, 0.2) is 5.60 Å². The molecule has 4 nitrogen and oxygen atoms in total. The number of carboxylic acids is 1. The van der Waals surface area contributed by atoms with Gasteiger partial charge in [0.1, 0.15) is 0 Å². The second-order valence-electron chi connectivity index (χ2n) is 4.11. The Morgan fingerprint density at radius 3 is 2.47 bits per heavy atom. The zero-order chi connectivity index (χ0) is 12.9. The van der Waals surface area contributed by atoms with Gasteiger partial charge in [0, 0.05) is 0 Å². The van der Waals surface area contributed by atoms with E-state index >= 15 is 0 Å². The molecule has 0 aromatic heterocycles. The molecule has 0 aliphatic carbocycles. The number of aliphatic hydroxyl groups excluding tert-OH is 1. The van der Waals surface area contributed by atoms with Crippen LogP contribution < -0.4 is 0 Å². The fraction of sp³-hybridized carbons (Fsp3) is 0.462. The summed E-state index contributed by atoms with van der Waals surface area (Å²) < 4.78 is 5.38. The quantitative estimate of drug-likeness (QED) is 0.793. The molecule has 0 aliphatic rings. The summed E-state index contributed by atoms with van der Waals surface area (Å²) in [6.45, 7) is 3.28. The second kappa shape index (κ2) is 5.80. The molecule has 0 saturated heterocycles. The molecule has 0 amide bonds. The molecule has 17 heavy (non-hydrogen) atoms. The van der Waals surface area contributed by atoms with E-state index in [1.165, 1.54) is 6.92 Å². The Balaban J connectivity index is 2.72. The van der Waals surface area contributed by atoms with Crippen LogP contribution in [-0.4, -0.2) is 27.9 Å². The highest BCUT2D eigenvalue weighted by molar-refractivity contribution is 5.77. The van der Waals surface area contributed by atoms with Crippen molar-refractivity contribution in [1.29, 1.82) is 0 Å². The first kappa shape index (κ1) is 13.7. The highest BCUT2D eigenvalue weighted by Crippen LogP contribution is 2.21. The first-order chi connectivity index (χ1) is 8.00. The molecule has 1 aromatic carbocycles. The first-order valence-electron chi connectivity index (χ1n) is 5.60. The van der Waals surface area contributed by atoms with Crippen LogP contribution >= 0.6 is 0 Å². The largest absolute Gasteiger partial charge is 0.479 e. The predicted octanol–water partition coefficient (Wildman–Crippen LogP) is 1.82. The van der Waals surface area contributed by atoms with E-state index in [2.05, 4.69) is 0 Å². The van der Waals surface area contributed by atoms with Crippen molar-refractivity contribution < 1.29 is 19.7 Å². The first-order valence-corrected chi connectivity index (χ1v) is 5.60. The number of hydrogen-bond donors (Lipinski definition) is 2. The summed E-state index contributed by atoms with van der Waals surface area (Å²) in [6, 6.07) is 9.28. The molecule has 2 N–H and O–H groups in total. The minimum Gasteiger partial charge on any atom is -0.479 e. The van der Waals surface area contributed by atoms with Crippen LogP contribution in [-0.2, 0) is 16.1 Å². The van der Waals surface area contributed by atoms with Crippen LogP contribution in [0.3, 0.4) is 0 Å². The molecule has 1 aromatic rings. The summed E-state index contributed by atoms with van der Waals surface area (Å²) in [4.78, 5) is 11.2. The van der Waals surface area contributed by atoms with E-state index < -0.39 is 17.7 Å². The van der Waals surface area contributed by atoms with Crippen LogP contribution in [0.15, 0.2) is 30.3 Å². The van der Waals surface area contributed by atoms with E-state index in [-0.39, 0.29) is 6.61 Å². The van der Waals surface area contributed by atoms with Gasteiger partial charge in [-0.05, 0) is 18.9 Å². The minimum absolute atomic E-state index is 0.167. The van der Waals surface area contributed by atoms with Gasteiger partial charge in [-0.1, -0.05) is 37.3 Å². The van der Waals surface area contributed by atoms with Gasteiger partial charge in [-0.2, -0.15) is 0 Å². The van der Waals surface area contributed by atoms with Crippen molar-refractivity contribution in [2.24, 2.45) is 0 Å². The van der Waals surface area contributed by atoms with E-state index in [4.69, 9.17) is 9.84 Å². The third kappa shape index (κ3) is 3.28. The van der Waals surface area contributed by atoms with Gasteiger partial charge in [0.25, 0.3) is 0 Å². The van der Waals surface area contributed by atoms with Crippen LogP contribution in [0.4, 0.5) is 0 Å². The SMILES string of the molecule is CCC(O)C(C)(OCc1ccccc1)C(=O)O. The Morgan fingerprint density at radius 2 is 2.00 bits per heavy atom. The van der Waals surface area contributed by atoms with Crippen molar-refractivity contribution >= 4 is 5.97 Å². The van der Waals surface area contributed by atoms with Crippen molar-refractivity contribution in [1.82, 2.24) is 0 Å². The van der Waals surface area contributed by atoms with Crippen LogP contribution in [0.5, 0.6) is 0 Å². The number of benzene rings is 1. The Hall–Kier alpha value is -1.39. The van der Waals surface area contributed by atoms with Crippen molar-refractivity contribution in [3.8, 4) is 0 Å². The molecule has 0 spiro atoms. The standard InChI is InChI=1S/C13H18O4/c1-3-11(14)13(2,12(15)16)17-9-10-7-5-4-6-8-10/h4-8,11,14H,3,9H2,1-2H3,(H,15,16). The van der Waals surface area contributed by atoms with Crippen molar-refractivity contribution in [3.63, 3.8) is 0 Å². The molecule has 0 heterocycles. The number of hydrogen-bond acceptors (Lipinski definition) is 3. The Morgan fingerprint density at radius 1 is 1.41 bits per heavy atom. The monoisotopic (exact) mass is 238 g/mol. The average molecular weight is 238 g/mol. The minimum atomic E-state index is -1.56. The second-order valence-corrected chi connectivity index (χ2v) is 4.11. The van der Waals surface area contributed by atoms with Crippen LogP contribution in [0.2, 0.25) is 0 Å². The third-order valence-corrected chi connectivity index (χ3v) is 2.83. The van der Waals surface area contributed by atoms with Crippen molar-refractivity contribution in [2.45, 2.75) is 38.6 Å². The fourth-order valence-corrected chi connectivity index (χ4v) is 1.50. The molecule has 94 valence electrons. The van der Waals surface area contributed by atoms with Gasteiger partial charge < -0.3 is 14.9 Å². The highest BCUT2D eigenvalue weighted by atomic mass is 16.5. The van der Waals surface area contributed by atoms with Gasteiger partial charge in [-0.3, -0.25) is 0 Å². The maximum Gasteiger partial charge on any atom is 0.338 e. The highest BCUT2D eigenvalue weighted by Gasteiger charge is 2.41. The van der Waals surface area contributed by atoms with E-state index in [1.54, 1.807) is 6.92 Å². The van der Waals surface area contributed by atoms with Crippen molar-refractivity contribution in [3.05, 3.63) is 35.9 Å². The van der Waals surface area contributed by atoms with E-state index in [0.29, 0.717) is 6.42 Å². The Labute approximate surface area is 101 Å². The number of aliphatic hydroxyl groups is 1. The summed E-state index contributed by atoms with van der Waals surface area (Å²) in [5, 5.41) is 18.8. The van der Waals surface area contributed by atoms with Gasteiger partial charge in [-0.15, -0.1) is 0 Å². The van der Waals surface area contributed by atoms with Gasteiger partial charge >= 0.3 is 5.97 Å². The van der Waals surface area contributed by atoms with Gasteiger partial charge in [-0.25, -0.2) is 4.79 Å². The molecule has 0 saturated carbocycles. The van der Waals surface area contributed by atoms with Crippen LogP contribution in [0.25, 0.3) is 0 Å². The molecule has 4 heteroatoms. The summed E-state index contributed by atoms with van der Waals surface area (Å²) >= 11 is 0. The molecular weight excluding hydrogens is 220 g/mol. The summed E-state index contributed by atoms with van der Waals surface area (Å²) in [5.41, 5.74) is -0.687. The average Bonchev–Trinajstić information content (AvgIpc) is 2.35. The molecule has 0 bridgehead atoms. The third-order valence-electron chi connectivity index (χ3n) is 2.83. The molecule has 2 unspecified atom stereocenters. The molecule has 0 radical (unpaired) electrons. The van der Waals surface area contributed by atoms with E-state index in [0.717, 1.165) is 5.56 Å². The lowest BCUT2D eigenvalue weighted by Crippen LogP contribution is -2.48. The fourth-order valence-electron chi connectivity index (χ4n) is 1.50. The summed E-state index contributed by atoms with van der Waals surface area (Å²) in [7, 11) is 0. The molecule has 1 rings (SSSR count). The molecule has 0 aliphatic heterocycles. The molecule has 2 atom stereocenters. The topological polar surface area (TPSA) is 66.8 Å². The maximum atomic E-state index is 11.2.